The molecule has 5 nitrogen and oxygen atoms in total. The summed E-state index contributed by atoms with van der Waals surface area (Å²) in [5.74, 6) is 0.179. The van der Waals surface area contributed by atoms with Crippen molar-refractivity contribution in [2.75, 3.05) is 20.8 Å². The first-order chi connectivity index (χ1) is 10.1. The lowest BCUT2D eigenvalue weighted by molar-refractivity contribution is -0.140. The molecular formula is C15H20BrNO4. The maximum Gasteiger partial charge on any atom is 0.305 e. The van der Waals surface area contributed by atoms with E-state index < -0.39 is 0 Å². The standard InChI is InChI=1S/C15H20BrNO4/c1-20-13-10-11(16)7-8-12(13)15(19)17-9-5-3-4-6-14(18)21-2/h7-8,10H,3-6,9H2,1-2H3,(H,17,19). The molecule has 0 aliphatic rings. The van der Waals surface area contributed by atoms with E-state index in [0.717, 1.165) is 23.7 Å². The van der Waals surface area contributed by atoms with Gasteiger partial charge in [0.2, 0.25) is 0 Å². The number of carbonyl (C=O) groups is 2. The van der Waals surface area contributed by atoms with Gasteiger partial charge in [0.1, 0.15) is 5.75 Å². The van der Waals surface area contributed by atoms with Crippen LogP contribution in [-0.4, -0.2) is 32.6 Å². The van der Waals surface area contributed by atoms with Crippen LogP contribution in [0.5, 0.6) is 5.75 Å². The van der Waals surface area contributed by atoms with Crippen molar-refractivity contribution in [3.05, 3.63) is 28.2 Å². The summed E-state index contributed by atoms with van der Waals surface area (Å²) < 4.78 is 10.6. The zero-order valence-electron chi connectivity index (χ0n) is 12.3. The number of hydrogen-bond acceptors (Lipinski definition) is 4. The summed E-state index contributed by atoms with van der Waals surface area (Å²) in [6.07, 6.45) is 2.88. The molecule has 0 fully saturated rings. The van der Waals surface area contributed by atoms with Crippen molar-refractivity contribution >= 4 is 27.8 Å². The second-order valence-corrected chi connectivity index (χ2v) is 5.40. The highest BCUT2D eigenvalue weighted by Crippen LogP contribution is 2.23. The van der Waals surface area contributed by atoms with E-state index in [9.17, 15) is 9.59 Å². The molecule has 1 aromatic rings. The van der Waals surface area contributed by atoms with Gasteiger partial charge in [-0.1, -0.05) is 22.4 Å². The third-order valence-electron chi connectivity index (χ3n) is 2.98. The van der Waals surface area contributed by atoms with Crippen molar-refractivity contribution in [1.29, 1.82) is 0 Å². The van der Waals surface area contributed by atoms with Gasteiger partial charge >= 0.3 is 5.97 Å². The summed E-state index contributed by atoms with van der Waals surface area (Å²) in [5, 5.41) is 2.84. The lowest BCUT2D eigenvalue weighted by atomic mass is 10.1. The van der Waals surface area contributed by atoms with E-state index in [1.54, 1.807) is 18.2 Å². The van der Waals surface area contributed by atoms with E-state index >= 15 is 0 Å². The highest BCUT2D eigenvalue weighted by Gasteiger charge is 2.11. The van der Waals surface area contributed by atoms with Crippen LogP contribution in [0.4, 0.5) is 0 Å². The van der Waals surface area contributed by atoms with E-state index in [4.69, 9.17) is 4.74 Å². The van der Waals surface area contributed by atoms with Crippen LogP contribution in [0.2, 0.25) is 0 Å². The Bertz CT molecular complexity index is 491. The second kappa shape index (κ2) is 9.39. The first-order valence-corrected chi connectivity index (χ1v) is 7.56. The van der Waals surface area contributed by atoms with Crippen molar-refractivity contribution in [3.63, 3.8) is 0 Å². The number of amides is 1. The summed E-state index contributed by atoms with van der Waals surface area (Å²) in [6.45, 7) is 0.569. The second-order valence-electron chi connectivity index (χ2n) is 4.49. The van der Waals surface area contributed by atoms with E-state index in [2.05, 4.69) is 26.0 Å². The van der Waals surface area contributed by atoms with Gasteiger partial charge in [-0.15, -0.1) is 0 Å². The number of carbonyl (C=O) groups excluding carboxylic acids is 2. The van der Waals surface area contributed by atoms with E-state index in [-0.39, 0.29) is 11.9 Å². The highest BCUT2D eigenvalue weighted by atomic mass is 79.9. The molecule has 1 N–H and O–H groups in total. The first kappa shape index (κ1) is 17.5. The summed E-state index contributed by atoms with van der Waals surface area (Å²) in [4.78, 5) is 23.0. The number of hydrogen-bond donors (Lipinski definition) is 1. The smallest absolute Gasteiger partial charge is 0.305 e. The van der Waals surface area contributed by atoms with Crippen LogP contribution in [-0.2, 0) is 9.53 Å². The van der Waals surface area contributed by atoms with Crippen molar-refractivity contribution in [1.82, 2.24) is 5.32 Å². The molecule has 1 rings (SSSR count). The molecule has 1 aromatic carbocycles. The molecule has 116 valence electrons. The van der Waals surface area contributed by atoms with Gasteiger partial charge in [-0.3, -0.25) is 9.59 Å². The highest BCUT2D eigenvalue weighted by molar-refractivity contribution is 9.10. The summed E-state index contributed by atoms with van der Waals surface area (Å²) >= 11 is 3.34. The van der Waals surface area contributed by atoms with Gasteiger partial charge in [0.15, 0.2) is 0 Å². The zero-order chi connectivity index (χ0) is 15.7. The van der Waals surface area contributed by atoms with Crippen molar-refractivity contribution in [2.24, 2.45) is 0 Å². The van der Waals surface area contributed by atoms with Crippen LogP contribution in [0.1, 0.15) is 36.0 Å². The number of benzene rings is 1. The minimum atomic E-state index is -0.196. The lowest BCUT2D eigenvalue weighted by Crippen LogP contribution is -2.24. The van der Waals surface area contributed by atoms with Gasteiger partial charge in [0.05, 0.1) is 19.8 Å². The van der Waals surface area contributed by atoms with E-state index in [1.807, 2.05) is 0 Å². The van der Waals surface area contributed by atoms with Gasteiger partial charge < -0.3 is 14.8 Å². The zero-order valence-corrected chi connectivity index (χ0v) is 13.9. The minimum absolute atomic E-state index is 0.160. The van der Waals surface area contributed by atoms with Gasteiger partial charge in [-0.25, -0.2) is 0 Å². The predicted octanol–water partition coefficient (Wildman–Crippen LogP) is 2.92. The normalized spacial score (nSPS) is 10.0. The van der Waals surface area contributed by atoms with Crippen LogP contribution in [0.3, 0.4) is 0 Å². The Kier molecular flexibility index (Phi) is 7.82. The summed E-state index contributed by atoms with van der Waals surface area (Å²) in [7, 11) is 2.92. The molecular weight excluding hydrogens is 338 g/mol. The Morgan fingerprint density at radius 1 is 1.19 bits per heavy atom. The molecule has 0 unspecified atom stereocenters. The quantitative estimate of drug-likeness (QED) is 0.573. The Morgan fingerprint density at radius 2 is 1.95 bits per heavy atom. The number of esters is 1. The maximum atomic E-state index is 12.0. The molecule has 21 heavy (non-hydrogen) atoms. The van der Waals surface area contributed by atoms with Crippen molar-refractivity contribution in [3.8, 4) is 5.75 Å². The van der Waals surface area contributed by atoms with E-state index in [0.29, 0.717) is 24.3 Å². The molecule has 0 aliphatic heterocycles. The van der Waals surface area contributed by atoms with Crippen molar-refractivity contribution < 1.29 is 19.1 Å². The number of nitrogens with one attached hydrogen (secondary N) is 1. The molecule has 0 atom stereocenters. The number of ether oxygens (including phenoxy) is 2. The molecule has 1 amide bonds. The fraction of sp³-hybridized carbons (Fsp3) is 0.467. The van der Waals surface area contributed by atoms with Crippen LogP contribution in [0.15, 0.2) is 22.7 Å². The fourth-order valence-electron chi connectivity index (χ4n) is 1.82. The molecule has 6 heteroatoms. The molecule has 0 aliphatic carbocycles. The third kappa shape index (κ3) is 6.16. The summed E-state index contributed by atoms with van der Waals surface area (Å²) in [5.41, 5.74) is 0.510. The molecule has 0 heterocycles. The Labute approximate surface area is 133 Å². The fourth-order valence-corrected chi connectivity index (χ4v) is 2.16. The molecule has 0 spiro atoms. The number of halogens is 1. The van der Waals surface area contributed by atoms with Gasteiger partial charge in [0, 0.05) is 17.4 Å². The topological polar surface area (TPSA) is 64.6 Å². The van der Waals surface area contributed by atoms with Crippen LogP contribution in [0.25, 0.3) is 0 Å². The van der Waals surface area contributed by atoms with Crippen LogP contribution < -0.4 is 10.1 Å². The summed E-state index contributed by atoms with van der Waals surface area (Å²) in [6, 6.07) is 5.27. The Balaban J connectivity index is 2.33. The average molecular weight is 358 g/mol. The van der Waals surface area contributed by atoms with Gasteiger partial charge in [-0.05, 0) is 31.0 Å². The minimum Gasteiger partial charge on any atom is -0.496 e. The monoisotopic (exact) mass is 357 g/mol. The Hall–Kier alpha value is -1.56. The number of unbranched alkanes of at least 4 members (excludes halogenated alkanes) is 2. The third-order valence-corrected chi connectivity index (χ3v) is 3.47. The van der Waals surface area contributed by atoms with E-state index in [1.165, 1.54) is 14.2 Å². The largest absolute Gasteiger partial charge is 0.496 e. The molecule has 0 aromatic heterocycles. The number of rotatable bonds is 8. The van der Waals surface area contributed by atoms with Crippen LogP contribution >= 0.6 is 15.9 Å². The SMILES string of the molecule is COC(=O)CCCCCNC(=O)c1ccc(Br)cc1OC. The Morgan fingerprint density at radius 3 is 2.62 bits per heavy atom. The molecule has 0 saturated heterocycles. The molecule has 0 saturated carbocycles. The van der Waals surface area contributed by atoms with Gasteiger partial charge in [-0.2, -0.15) is 0 Å². The first-order valence-electron chi connectivity index (χ1n) is 6.77. The maximum absolute atomic E-state index is 12.0. The molecule has 0 radical (unpaired) electrons. The lowest BCUT2D eigenvalue weighted by Gasteiger charge is -2.09. The number of methoxy groups -OCH3 is 2. The van der Waals surface area contributed by atoms with Crippen molar-refractivity contribution in [2.45, 2.75) is 25.7 Å². The predicted molar refractivity (Wildman–Crippen MR) is 83.5 cm³/mol. The van der Waals surface area contributed by atoms with Gasteiger partial charge in [0.25, 0.3) is 5.91 Å². The van der Waals surface area contributed by atoms with Crippen LogP contribution in [0, 0.1) is 0 Å². The average Bonchev–Trinajstić information content (AvgIpc) is 2.49. The molecule has 0 bridgehead atoms.